The van der Waals surface area contributed by atoms with Gasteiger partial charge in [-0.15, -0.1) is 24.0 Å². The number of likely N-dealkylation sites (tertiary alicyclic amines) is 1. The van der Waals surface area contributed by atoms with E-state index < -0.39 is 0 Å². The molecule has 1 unspecified atom stereocenters. The fraction of sp³-hybridized carbons (Fsp3) is 0.533. The Morgan fingerprint density at radius 2 is 1.95 bits per heavy atom. The van der Waals surface area contributed by atoms with Crippen molar-refractivity contribution in [2.24, 2.45) is 4.99 Å². The van der Waals surface area contributed by atoms with Gasteiger partial charge in [-0.25, -0.2) is 0 Å². The highest BCUT2D eigenvalue weighted by atomic mass is 127. The normalized spacial score (nSPS) is 23.1. The maximum atomic E-state index is 4.41. The second-order valence-corrected chi connectivity index (χ2v) is 5.31. The highest BCUT2D eigenvalue weighted by molar-refractivity contribution is 14.0. The van der Waals surface area contributed by atoms with E-state index in [1.807, 2.05) is 7.05 Å². The molecule has 2 aliphatic rings. The van der Waals surface area contributed by atoms with E-state index in [9.17, 15) is 0 Å². The van der Waals surface area contributed by atoms with Crippen LogP contribution >= 0.6 is 24.0 Å². The standard InChI is InChI=1S/C15H21N3.HI/c1-16-15(17-14-7-8-14)18-10-9-13(11-18)12-5-3-2-4-6-12;/h2-6,13-14H,7-11H2,1H3,(H,16,17);1H. The van der Waals surface area contributed by atoms with Gasteiger partial charge in [-0.05, 0) is 24.8 Å². The van der Waals surface area contributed by atoms with E-state index in [1.165, 1.54) is 24.8 Å². The lowest BCUT2D eigenvalue weighted by Gasteiger charge is -2.21. The highest BCUT2D eigenvalue weighted by Crippen LogP contribution is 2.27. The van der Waals surface area contributed by atoms with Gasteiger partial charge in [0.2, 0.25) is 0 Å². The fourth-order valence-electron chi connectivity index (χ4n) is 2.66. The van der Waals surface area contributed by atoms with Crippen LogP contribution in [-0.2, 0) is 0 Å². The van der Waals surface area contributed by atoms with Crippen molar-refractivity contribution < 1.29 is 0 Å². The molecule has 1 aromatic rings. The van der Waals surface area contributed by atoms with Gasteiger partial charge >= 0.3 is 0 Å². The first kappa shape index (κ1) is 14.6. The number of guanidine groups is 1. The van der Waals surface area contributed by atoms with Crippen molar-refractivity contribution in [3.63, 3.8) is 0 Å². The van der Waals surface area contributed by atoms with E-state index in [-0.39, 0.29) is 24.0 Å². The molecule has 1 aromatic carbocycles. The van der Waals surface area contributed by atoms with Crippen molar-refractivity contribution in [2.75, 3.05) is 20.1 Å². The van der Waals surface area contributed by atoms with Crippen LogP contribution in [0.5, 0.6) is 0 Å². The van der Waals surface area contributed by atoms with Crippen molar-refractivity contribution in [2.45, 2.75) is 31.2 Å². The highest BCUT2D eigenvalue weighted by Gasteiger charge is 2.29. The molecule has 1 atom stereocenters. The maximum absolute atomic E-state index is 4.41. The zero-order chi connectivity index (χ0) is 12.4. The quantitative estimate of drug-likeness (QED) is 0.492. The molecule has 1 aliphatic carbocycles. The average Bonchev–Trinajstić information content (AvgIpc) is 3.11. The molecule has 104 valence electrons. The molecular weight excluding hydrogens is 349 g/mol. The minimum Gasteiger partial charge on any atom is -0.354 e. The molecular formula is C15H22IN3. The Labute approximate surface area is 132 Å². The molecule has 0 spiro atoms. The number of halogens is 1. The fourth-order valence-corrected chi connectivity index (χ4v) is 2.66. The minimum atomic E-state index is 0. The first-order valence-corrected chi connectivity index (χ1v) is 6.90. The predicted molar refractivity (Wildman–Crippen MR) is 90.3 cm³/mol. The van der Waals surface area contributed by atoms with E-state index in [1.54, 1.807) is 0 Å². The summed E-state index contributed by atoms with van der Waals surface area (Å²) in [6, 6.07) is 11.5. The summed E-state index contributed by atoms with van der Waals surface area (Å²) in [5.74, 6) is 1.75. The number of benzene rings is 1. The van der Waals surface area contributed by atoms with Gasteiger partial charge in [0, 0.05) is 32.1 Å². The second kappa shape index (κ2) is 6.59. The Hall–Kier alpha value is -0.780. The first-order chi connectivity index (χ1) is 8.86. The predicted octanol–water partition coefficient (Wildman–Crippen LogP) is 2.83. The van der Waals surface area contributed by atoms with Crippen LogP contribution in [0.4, 0.5) is 0 Å². The van der Waals surface area contributed by atoms with Crippen LogP contribution in [0.2, 0.25) is 0 Å². The molecule has 3 rings (SSSR count). The Balaban J connectivity index is 0.00000133. The molecule has 2 fully saturated rings. The van der Waals surface area contributed by atoms with Crippen LogP contribution in [0.1, 0.15) is 30.7 Å². The van der Waals surface area contributed by atoms with E-state index in [4.69, 9.17) is 0 Å². The molecule has 0 radical (unpaired) electrons. The topological polar surface area (TPSA) is 27.6 Å². The van der Waals surface area contributed by atoms with E-state index in [2.05, 4.69) is 45.5 Å². The Bertz CT molecular complexity index is 428. The van der Waals surface area contributed by atoms with E-state index in [0.717, 1.165) is 19.0 Å². The second-order valence-electron chi connectivity index (χ2n) is 5.31. The first-order valence-electron chi connectivity index (χ1n) is 6.90. The summed E-state index contributed by atoms with van der Waals surface area (Å²) < 4.78 is 0. The number of hydrogen-bond donors (Lipinski definition) is 1. The van der Waals surface area contributed by atoms with Gasteiger partial charge < -0.3 is 10.2 Å². The minimum absolute atomic E-state index is 0. The number of hydrogen-bond acceptors (Lipinski definition) is 1. The van der Waals surface area contributed by atoms with Crippen molar-refractivity contribution in [1.29, 1.82) is 0 Å². The molecule has 3 nitrogen and oxygen atoms in total. The summed E-state index contributed by atoms with van der Waals surface area (Å²) in [7, 11) is 1.89. The smallest absolute Gasteiger partial charge is 0.193 e. The third-order valence-corrected chi connectivity index (χ3v) is 3.88. The lowest BCUT2D eigenvalue weighted by Crippen LogP contribution is -2.40. The summed E-state index contributed by atoms with van der Waals surface area (Å²) in [4.78, 5) is 6.81. The molecule has 1 heterocycles. The summed E-state index contributed by atoms with van der Waals surface area (Å²) in [6.45, 7) is 2.21. The van der Waals surface area contributed by atoms with Crippen LogP contribution in [0.3, 0.4) is 0 Å². The lowest BCUT2D eigenvalue weighted by atomic mass is 9.99. The van der Waals surface area contributed by atoms with Crippen LogP contribution in [0.25, 0.3) is 0 Å². The molecule has 1 saturated carbocycles. The van der Waals surface area contributed by atoms with Gasteiger partial charge in [-0.2, -0.15) is 0 Å². The number of nitrogens with zero attached hydrogens (tertiary/aromatic N) is 2. The SMILES string of the molecule is CN=C(NC1CC1)N1CCC(c2ccccc2)C1.I. The number of aliphatic imine (C=N–C) groups is 1. The number of nitrogens with one attached hydrogen (secondary N) is 1. The van der Waals surface area contributed by atoms with Gasteiger partial charge in [-0.3, -0.25) is 4.99 Å². The van der Waals surface area contributed by atoms with Gasteiger partial charge in [0.1, 0.15) is 0 Å². The van der Waals surface area contributed by atoms with Gasteiger partial charge in [0.25, 0.3) is 0 Å². The van der Waals surface area contributed by atoms with Gasteiger partial charge in [0.05, 0.1) is 0 Å². The number of rotatable bonds is 2. The summed E-state index contributed by atoms with van der Waals surface area (Å²) in [5.41, 5.74) is 1.46. The maximum Gasteiger partial charge on any atom is 0.193 e. The molecule has 4 heteroatoms. The van der Waals surface area contributed by atoms with Crippen molar-refractivity contribution in [3.05, 3.63) is 35.9 Å². The average molecular weight is 371 g/mol. The van der Waals surface area contributed by atoms with Crippen LogP contribution in [-0.4, -0.2) is 37.0 Å². The van der Waals surface area contributed by atoms with Crippen molar-refractivity contribution >= 4 is 29.9 Å². The monoisotopic (exact) mass is 371 g/mol. The van der Waals surface area contributed by atoms with Crippen molar-refractivity contribution in [3.8, 4) is 0 Å². The molecule has 1 saturated heterocycles. The molecule has 0 aromatic heterocycles. The van der Waals surface area contributed by atoms with Crippen LogP contribution in [0.15, 0.2) is 35.3 Å². The zero-order valence-corrected chi connectivity index (χ0v) is 13.7. The van der Waals surface area contributed by atoms with Crippen LogP contribution in [0, 0.1) is 0 Å². The lowest BCUT2D eigenvalue weighted by molar-refractivity contribution is 0.485. The summed E-state index contributed by atoms with van der Waals surface area (Å²) >= 11 is 0. The molecule has 19 heavy (non-hydrogen) atoms. The van der Waals surface area contributed by atoms with Gasteiger partial charge in [0.15, 0.2) is 5.96 Å². The Morgan fingerprint density at radius 1 is 1.21 bits per heavy atom. The van der Waals surface area contributed by atoms with Crippen molar-refractivity contribution in [1.82, 2.24) is 10.2 Å². The zero-order valence-electron chi connectivity index (χ0n) is 11.4. The molecule has 1 aliphatic heterocycles. The molecule has 0 amide bonds. The Kier molecular flexibility index (Phi) is 5.07. The molecule has 1 N–H and O–H groups in total. The van der Waals surface area contributed by atoms with E-state index in [0.29, 0.717) is 12.0 Å². The summed E-state index contributed by atoms with van der Waals surface area (Å²) in [5, 5.41) is 3.53. The summed E-state index contributed by atoms with van der Waals surface area (Å²) in [6.07, 6.45) is 3.83. The van der Waals surface area contributed by atoms with Gasteiger partial charge in [-0.1, -0.05) is 30.3 Å². The van der Waals surface area contributed by atoms with E-state index >= 15 is 0 Å². The Morgan fingerprint density at radius 3 is 2.58 bits per heavy atom. The largest absolute Gasteiger partial charge is 0.354 e. The third-order valence-electron chi connectivity index (χ3n) is 3.88. The van der Waals surface area contributed by atoms with Crippen LogP contribution < -0.4 is 5.32 Å². The molecule has 0 bridgehead atoms. The third kappa shape index (κ3) is 3.61.